The monoisotopic (exact) mass is 365 g/mol. The molecule has 2 aromatic carbocycles. The van der Waals surface area contributed by atoms with Crippen LogP contribution >= 0.6 is 11.8 Å². The number of hydrogen-bond donors (Lipinski definition) is 2. The van der Waals surface area contributed by atoms with Gasteiger partial charge in [0.15, 0.2) is 0 Å². The molecule has 26 heavy (non-hydrogen) atoms. The number of nitrogens with one attached hydrogen (secondary N) is 1. The number of nitrogens with zero attached hydrogens (tertiary/aromatic N) is 2. The van der Waals surface area contributed by atoms with E-state index < -0.39 is 0 Å². The molecule has 1 aromatic heterocycles. The summed E-state index contributed by atoms with van der Waals surface area (Å²) in [4.78, 5) is 16.6. The first-order valence-corrected chi connectivity index (χ1v) is 9.13. The second-order valence-electron chi connectivity index (χ2n) is 5.89. The average molecular weight is 365 g/mol. The van der Waals surface area contributed by atoms with E-state index in [0.29, 0.717) is 5.56 Å². The first-order chi connectivity index (χ1) is 12.5. The number of carbonyl (C=O) groups excluding carboxylic acids is 1. The number of hydrazone groups is 1. The highest BCUT2D eigenvalue weighted by atomic mass is 32.2. The molecule has 6 heteroatoms. The minimum absolute atomic E-state index is 0.117. The predicted molar refractivity (Wildman–Crippen MR) is 106 cm³/mol. The zero-order valence-corrected chi connectivity index (χ0v) is 15.4. The maximum atomic E-state index is 12.0. The summed E-state index contributed by atoms with van der Waals surface area (Å²) >= 11 is 1.37. The summed E-state index contributed by atoms with van der Waals surface area (Å²) in [6.07, 6.45) is 1.42. The van der Waals surface area contributed by atoms with Crippen molar-refractivity contribution in [3.63, 3.8) is 0 Å². The van der Waals surface area contributed by atoms with Gasteiger partial charge in [0.1, 0.15) is 5.75 Å². The van der Waals surface area contributed by atoms with Gasteiger partial charge in [0.2, 0.25) is 5.91 Å². The first-order valence-electron chi connectivity index (χ1n) is 8.14. The van der Waals surface area contributed by atoms with Crippen LogP contribution in [0.2, 0.25) is 0 Å². The zero-order valence-electron chi connectivity index (χ0n) is 14.6. The van der Waals surface area contributed by atoms with Crippen molar-refractivity contribution in [3.05, 3.63) is 65.2 Å². The number of phenolic OH excluding ortho intramolecular Hbond substituents is 1. The Kier molecular flexibility index (Phi) is 5.53. The van der Waals surface area contributed by atoms with Gasteiger partial charge in [-0.1, -0.05) is 42.1 Å². The lowest BCUT2D eigenvalue weighted by molar-refractivity contribution is -0.118. The lowest BCUT2D eigenvalue weighted by Gasteiger charge is -2.08. The van der Waals surface area contributed by atoms with Crippen LogP contribution in [0.3, 0.4) is 0 Å². The number of pyridine rings is 1. The summed E-state index contributed by atoms with van der Waals surface area (Å²) in [5.74, 6) is 0.0964. The Bertz CT molecular complexity index is 986. The van der Waals surface area contributed by atoms with Crippen LogP contribution in [-0.4, -0.2) is 28.0 Å². The summed E-state index contributed by atoms with van der Waals surface area (Å²) in [5, 5.41) is 15.5. The largest absolute Gasteiger partial charge is 0.507 e. The van der Waals surface area contributed by atoms with Crippen molar-refractivity contribution in [2.75, 3.05) is 5.75 Å². The minimum atomic E-state index is -0.231. The number of aromatic nitrogens is 1. The topological polar surface area (TPSA) is 74.6 Å². The number of phenols is 1. The van der Waals surface area contributed by atoms with Crippen LogP contribution < -0.4 is 5.43 Å². The van der Waals surface area contributed by atoms with E-state index in [2.05, 4.69) is 21.6 Å². The molecule has 0 aliphatic carbocycles. The lowest BCUT2D eigenvalue weighted by Crippen LogP contribution is -2.19. The number of carbonyl (C=O) groups is 1. The highest BCUT2D eigenvalue weighted by molar-refractivity contribution is 7.99. The fourth-order valence-corrected chi connectivity index (χ4v) is 3.31. The number of fused-ring (bicyclic) bond motifs is 1. The SMILES string of the molecule is Cc1cc(SCC(=O)N/N=C\c2ccccc2O)nc2c(C)cccc12. The molecule has 0 aliphatic rings. The fourth-order valence-electron chi connectivity index (χ4n) is 2.55. The fraction of sp³-hybridized carbons (Fsp3) is 0.150. The molecule has 3 rings (SSSR count). The molecule has 0 saturated carbocycles. The van der Waals surface area contributed by atoms with Crippen LogP contribution in [0.1, 0.15) is 16.7 Å². The predicted octanol–water partition coefficient (Wildman–Crippen LogP) is 3.80. The van der Waals surface area contributed by atoms with Crippen molar-refractivity contribution in [2.45, 2.75) is 18.9 Å². The normalized spacial score (nSPS) is 11.2. The number of hydrogen-bond acceptors (Lipinski definition) is 5. The molecular formula is C20H19N3O2S. The Balaban J connectivity index is 1.62. The summed E-state index contributed by atoms with van der Waals surface area (Å²) in [7, 11) is 0. The number of thioether (sulfide) groups is 1. The van der Waals surface area contributed by atoms with E-state index in [0.717, 1.165) is 27.1 Å². The van der Waals surface area contributed by atoms with Crippen LogP contribution in [0.4, 0.5) is 0 Å². The third kappa shape index (κ3) is 4.21. The third-order valence-electron chi connectivity index (χ3n) is 3.91. The number of aromatic hydroxyl groups is 1. The van der Waals surface area contributed by atoms with Crippen LogP contribution in [0.25, 0.3) is 10.9 Å². The van der Waals surface area contributed by atoms with E-state index in [1.54, 1.807) is 24.3 Å². The van der Waals surface area contributed by atoms with Gasteiger partial charge in [-0.15, -0.1) is 0 Å². The van der Waals surface area contributed by atoms with Crippen molar-refractivity contribution >= 4 is 34.8 Å². The van der Waals surface area contributed by atoms with Crippen molar-refractivity contribution in [2.24, 2.45) is 5.10 Å². The highest BCUT2D eigenvalue weighted by Gasteiger charge is 2.08. The van der Waals surface area contributed by atoms with Crippen LogP contribution in [0.5, 0.6) is 5.75 Å². The van der Waals surface area contributed by atoms with Gasteiger partial charge in [0.25, 0.3) is 0 Å². The van der Waals surface area contributed by atoms with Gasteiger partial charge in [-0.25, -0.2) is 10.4 Å². The molecule has 132 valence electrons. The molecule has 0 unspecified atom stereocenters. The molecule has 0 fully saturated rings. The third-order valence-corrected chi connectivity index (χ3v) is 4.82. The number of amides is 1. The second kappa shape index (κ2) is 8.01. The molecule has 5 nitrogen and oxygen atoms in total. The molecule has 1 amide bonds. The Morgan fingerprint density at radius 3 is 2.81 bits per heavy atom. The Labute approximate surface area is 156 Å². The van der Waals surface area contributed by atoms with Crippen molar-refractivity contribution < 1.29 is 9.90 Å². The lowest BCUT2D eigenvalue weighted by atomic mass is 10.1. The molecule has 0 aliphatic heterocycles. The number of para-hydroxylation sites is 2. The summed E-state index contributed by atoms with van der Waals surface area (Å²) in [6, 6.07) is 14.9. The molecule has 1 heterocycles. The average Bonchev–Trinajstić information content (AvgIpc) is 2.62. The van der Waals surface area contributed by atoms with Crippen molar-refractivity contribution in [3.8, 4) is 5.75 Å². The molecule has 0 saturated heterocycles. The maximum Gasteiger partial charge on any atom is 0.250 e. The Hall–Kier alpha value is -2.86. The Morgan fingerprint density at radius 2 is 2.00 bits per heavy atom. The van der Waals surface area contributed by atoms with E-state index >= 15 is 0 Å². The van der Waals surface area contributed by atoms with Crippen LogP contribution in [0, 0.1) is 13.8 Å². The van der Waals surface area contributed by atoms with E-state index in [1.165, 1.54) is 18.0 Å². The van der Waals surface area contributed by atoms with Crippen molar-refractivity contribution in [1.29, 1.82) is 0 Å². The highest BCUT2D eigenvalue weighted by Crippen LogP contribution is 2.25. The smallest absolute Gasteiger partial charge is 0.250 e. The van der Waals surface area contributed by atoms with E-state index in [1.807, 2.05) is 32.0 Å². The zero-order chi connectivity index (χ0) is 18.5. The van der Waals surface area contributed by atoms with Gasteiger partial charge in [-0.3, -0.25) is 4.79 Å². The molecule has 0 radical (unpaired) electrons. The number of rotatable bonds is 5. The molecule has 0 atom stereocenters. The van der Waals surface area contributed by atoms with Gasteiger partial charge in [-0.2, -0.15) is 5.10 Å². The van der Waals surface area contributed by atoms with Gasteiger partial charge < -0.3 is 5.11 Å². The molecule has 2 N–H and O–H groups in total. The van der Waals surface area contributed by atoms with E-state index in [-0.39, 0.29) is 17.4 Å². The van der Waals surface area contributed by atoms with Crippen molar-refractivity contribution in [1.82, 2.24) is 10.4 Å². The number of aryl methyl sites for hydroxylation is 2. The molecule has 0 bridgehead atoms. The standard InChI is InChI=1S/C20H19N3O2S/c1-13-6-5-8-16-14(2)10-19(22-20(13)16)26-12-18(25)23-21-11-15-7-3-4-9-17(15)24/h3-11,24H,12H2,1-2H3,(H,23,25)/b21-11-. The number of benzene rings is 2. The van der Waals surface area contributed by atoms with Crippen LogP contribution in [0.15, 0.2) is 58.7 Å². The summed E-state index contributed by atoms with van der Waals surface area (Å²) < 4.78 is 0. The van der Waals surface area contributed by atoms with Gasteiger partial charge in [-0.05, 0) is 43.2 Å². The van der Waals surface area contributed by atoms with Gasteiger partial charge in [0.05, 0.1) is 22.5 Å². The minimum Gasteiger partial charge on any atom is -0.507 e. The van der Waals surface area contributed by atoms with E-state index in [9.17, 15) is 9.90 Å². The molecule has 0 spiro atoms. The second-order valence-corrected chi connectivity index (χ2v) is 6.88. The molecule has 3 aromatic rings. The van der Waals surface area contributed by atoms with Crippen LogP contribution in [-0.2, 0) is 4.79 Å². The quantitative estimate of drug-likeness (QED) is 0.410. The summed E-state index contributed by atoms with van der Waals surface area (Å²) in [5.41, 5.74) is 6.23. The molecular weight excluding hydrogens is 346 g/mol. The maximum absolute atomic E-state index is 12.0. The summed E-state index contributed by atoms with van der Waals surface area (Å²) in [6.45, 7) is 4.08. The van der Waals surface area contributed by atoms with Gasteiger partial charge >= 0.3 is 0 Å². The van der Waals surface area contributed by atoms with Gasteiger partial charge in [0, 0.05) is 10.9 Å². The Morgan fingerprint density at radius 1 is 1.19 bits per heavy atom. The first kappa shape index (κ1) is 17.9. The van der Waals surface area contributed by atoms with E-state index in [4.69, 9.17) is 0 Å².